The Hall–Kier alpha value is -2.89. The molecule has 0 aromatic carbocycles. The highest BCUT2D eigenvalue weighted by Crippen LogP contribution is 2.18. The number of rotatable bonds is 68. The Labute approximate surface area is 517 Å². The Bertz CT molecular complexity index is 1470. The molecule has 0 heterocycles. The summed E-state index contributed by atoms with van der Waals surface area (Å²) in [5, 5.41) is 0. The third-order valence-electron chi connectivity index (χ3n) is 16.5. The lowest BCUT2D eigenvalue weighted by atomic mass is 10.0. The first-order chi connectivity index (χ1) is 41.0. The van der Waals surface area contributed by atoms with E-state index in [-0.39, 0.29) is 31.1 Å². The van der Waals surface area contributed by atoms with Gasteiger partial charge in [0.1, 0.15) is 13.2 Å². The lowest BCUT2D eigenvalue weighted by molar-refractivity contribution is -0.167. The molecule has 6 heteroatoms. The molecule has 1 atom stereocenters. The van der Waals surface area contributed by atoms with Gasteiger partial charge >= 0.3 is 17.9 Å². The smallest absolute Gasteiger partial charge is 0.306 e. The molecule has 0 saturated carbocycles. The second kappa shape index (κ2) is 71.6. The van der Waals surface area contributed by atoms with E-state index in [1.807, 2.05) is 0 Å². The average molecular weight is 1160 g/mol. The summed E-state index contributed by atoms with van der Waals surface area (Å²) in [7, 11) is 0. The lowest BCUT2D eigenvalue weighted by Gasteiger charge is -2.18. The zero-order chi connectivity index (χ0) is 59.9. The van der Waals surface area contributed by atoms with Crippen LogP contribution in [0, 0.1) is 0 Å². The topological polar surface area (TPSA) is 78.9 Å². The molecule has 0 amide bonds. The average Bonchev–Trinajstić information content (AvgIpc) is 3.49. The molecule has 0 N–H and O–H groups in total. The molecule has 0 aliphatic heterocycles. The van der Waals surface area contributed by atoms with Gasteiger partial charge < -0.3 is 14.2 Å². The van der Waals surface area contributed by atoms with Crippen LogP contribution in [0.1, 0.15) is 393 Å². The van der Waals surface area contributed by atoms with E-state index in [0.717, 1.165) is 70.6 Å². The molecule has 0 fully saturated rings. The first-order valence-corrected chi connectivity index (χ1v) is 36.8. The fourth-order valence-electron chi connectivity index (χ4n) is 10.9. The van der Waals surface area contributed by atoms with Crippen molar-refractivity contribution in [1.29, 1.82) is 0 Å². The lowest BCUT2D eigenvalue weighted by Crippen LogP contribution is -2.30. The van der Waals surface area contributed by atoms with E-state index in [1.165, 1.54) is 283 Å². The number of hydrogen-bond acceptors (Lipinski definition) is 6. The standard InChI is InChI=1S/C77H140O6/c1-4-7-10-13-16-19-22-25-28-31-34-36-38-40-43-46-49-52-55-58-61-64-67-70-76(79)82-73-74(72-81-75(78)69-66-63-60-57-54-51-48-45-42-33-30-27-24-21-18-15-12-9-6-3)83-77(80)71-68-65-62-59-56-53-50-47-44-41-39-37-35-32-29-26-23-20-17-14-11-8-5-2/h22-23,25-27,30-32,34-35,74H,4-21,24,28-29,33,36-73H2,1-3H3/b25-22-,26-23-,30-27-,34-31-,35-32-. The van der Waals surface area contributed by atoms with E-state index < -0.39 is 6.10 Å². The van der Waals surface area contributed by atoms with Crippen molar-refractivity contribution in [2.24, 2.45) is 0 Å². The molecule has 0 aliphatic rings. The van der Waals surface area contributed by atoms with Crippen LogP contribution in [0.2, 0.25) is 0 Å². The van der Waals surface area contributed by atoms with Crippen molar-refractivity contribution in [2.75, 3.05) is 13.2 Å². The van der Waals surface area contributed by atoms with Gasteiger partial charge in [-0.05, 0) is 109 Å². The van der Waals surface area contributed by atoms with Gasteiger partial charge in [0.25, 0.3) is 0 Å². The Morgan fingerprint density at radius 3 is 0.675 bits per heavy atom. The van der Waals surface area contributed by atoms with Crippen LogP contribution in [0.3, 0.4) is 0 Å². The first-order valence-electron chi connectivity index (χ1n) is 36.8. The number of allylic oxidation sites excluding steroid dienone is 10. The Balaban J connectivity index is 4.34. The van der Waals surface area contributed by atoms with E-state index in [4.69, 9.17) is 14.2 Å². The molecule has 6 nitrogen and oxygen atoms in total. The van der Waals surface area contributed by atoms with Crippen LogP contribution in [-0.2, 0) is 28.6 Å². The molecule has 0 radical (unpaired) electrons. The third kappa shape index (κ3) is 69.8. The minimum Gasteiger partial charge on any atom is -0.462 e. The highest BCUT2D eigenvalue weighted by Gasteiger charge is 2.19. The van der Waals surface area contributed by atoms with Crippen LogP contribution in [0.5, 0.6) is 0 Å². The van der Waals surface area contributed by atoms with Gasteiger partial charge in [-0.1, -0.05) is 326 Å². The molecule has 1 unspecified atom stereocenters. The maximum atomic E-state index is 13.0. The number of esters is 3. The van der Waals surface area contributed by atoms with Crippen molar-refractivity contribution < 1.29 is 28.6 Å². The predicted molar refractivity (Wildman–Crippen MR) is 362 cm³/mol. The highest BCUT2D eigenvalue weighted by atomic mass is 16.6. The van der Waals surface area contributed by atoms with Gasteiger partial charge in [0, 0.05) is 19.3 Å². The predicted octanol–water partition coefficient (Wildman–Crippen LogP) is 25.5. The molecule has 0 spiro atoms. The van der Waals surface area contributed by atoms with Crippen LogP contribution in [0.15, 0.2) is 60.8 Å². The summed E-state index contributed by atoms with van der Waals surface area (Å²) in [6.45, 7) is 6.68. The van der Waals surface area contributed by atoms with Gasteiger partial charge in [0.15, 0.2) is 6.10 Å². The van der Waals surface area contributed by atoms with Crippen LogP contribution in [0.4, 0.5) is 0 Å². The largest absolute Gasteiger partial charge is 0.462 e. The quantitative estimate of drug-likeness (QED) is 0.0261. The van der Waals surface area contributed by atoms with Gasteiger partial charge in [-0.3, -0.25) is 14.4 Å². The second-order valence-electron chi connectivity index (χ2n) is 24.8. The van der Waals surface area contributed by atoms with Gasteiger partial charge in [-0.15, -0.1) is 0 Å². The molecule has 83 heavy (non-hydrogen) atoms. The summed E-state index contributed by atoms with van der Waals surface area (Å²) >= 11 is 0. The van der Waals surface area contributed by atoms with Gasteiger partial charge in [0.2, 0.25) is 0 Å². The van der Waals surface area contributed by atoms with Crippen LogP contribution < -0.4 is 0 Å². The summed E-state index contributed by atoms with van der Waals surface area (Å²) in [6.07, 6.45) is 92.4. The summed E-state index contributed by atoms with van der Waals surface area (Å²) in [6, 6.07) is 0. The SMILES string of the molecule is CCCCCCC/C=C\C/C=C\CCCCCCCCCCCCCC(=O)OCC(COC(=O)CCCCCCCCCCC/C=C\CCCCCCCC)OC(=O)CCCCCCCCCCCCC/C=C\C/C=C\CCCCCCC. The molecular formula is C77H140O6. The molecule has 0 aliphatic carbocycles. The van der Waals surface area contributed by atoms with Crippen LogP contribution in [0.25, 0.3) is 0 Å². The Morgan fingerprint density at radius 2 is 0.434 bits per heavy atom. The van der Waals surface area contributed by atoms with Crippen molar-refractivity contribution in [3.63, 3.8) is 0 Å². The number of hydrogen-bond donors (Lipinski definition) is 0. The van der Waals surface area contributed by atoms with E-state index in [0.29, 0.717) is 19.3 Å². The Kier molecular flexibility index (Phi) is 69.1. The summed E-state index contributed by atoms with van der Waals surface area (Å²) in [5.41, 5.74) is 0. The van der Waals surface area contributed by atoms with Gasteiger partial charge in [-0.2, -0.15) is 0 Å². The zero-order valence-electron chi connectivity index (χ0n) is 55.7. The van der Waals surface area contributed by atoms with Crippen molar-refractivity contribution in [3.05, 3.63) is 60.8 Å². The van der Waals surface area contributed by atoms with Gasteiger partial charge in [-0.25, -0.2) is 0 Å². The van der Waals surface area contributed by atoms with E-state index in [9.17, 15) is 14.4 Å². The number of carbonyl (C=O) groups is 3. The maximum Gasteiger partial charge on any atom is 0.306 e. The van der Waals surface area contributed by atoms with Crippen molar-refractivity contribution in [1.82, 2.24) is 0 Å². The Morgan fingerprint density at radius 1 is 0.241 bits per heavy atom. The minimum atomic E-state index is -0.779. The fraction of sp³-hybridized carbons (Fsp3) is 0.831. The molecule has 0 saturated heterocycles. The number of unbranched alkanes of at least 4 members (excludes halogenated alkanes) is 47. The highest BCUT2D eigenvalue weighted by molar-refractivity contribution is 5.71. The number of carbonyl (C=O) groups excluding carboxylic acids is 3. The maximum absolute atomic E-state index is 13.0. The van der Waals surface area contributed by atoms with Crippen LogP contribution >= 0.6 is 0 Å². The summed E-state index contributed by atoms with van der Waals surface area (Å²) < 4.78 is 17.0. The first kappa shape index (κ1) is 80.1. The van der Waals surface area contributed by atoms with E-state index >= 15 is 0 Å². The molecule has 0 rings (SSSR count). The monoisotopic (exact) mass is 1160 g/mol. The fourth-order valence-corrected chi connectivity index (χ4v) is 10.9. The minimum absolute atomic E-state index is 0.0736. The van der Waals surface area contributed by atoms with Crippen molar-refractivity contribution >= 4 is 17.9 Å². The number of ether oxygens (including phenoxy) is 3. The third-order valence-corrected chi connectivity index (χ3v) is 16.5. The van der Waals surface area contributed by atoms with E-state index in [1.54, 1.807) is 0 Å². The van der Waals surface area contributed by atoms with Crippen LogP contribution in [-0.4, -0.2) is 37.2 Å². The van der Waals surface area contributed by atoms with Crippen molar-refractivity contribution in [3.8, 4) is 0 Å². The second-order valence-corrected chi connectivity index (χ2v) is 24.8. The van der Waals surface area contributed by atoms with Crippen molar-refractivity contribution in [2.45, 2.75) is 399 Å². The zero-order valence-corrected chi connectivity index (χ0v) is 55.7. The molecule has 484 valence electrons. The molecule has 0 aromatic rings. The normalized spacial score (nSPS) is 12.4. The summed E-state index contributed by atoms with van der Waals surface area (Å²) in [4.78, 5) is 38.6. The molecule has 0 aromatic heterocycles. The summed E-state index contributed by atoms with van der Waals surface area (Å²) in [5.74, 6) is -0.854. The van der Waals surface area contributed by atoms with E-state index in [2.05, 4.69) is 81.5 Å². The molecule has 0 bridgehead atoms. The van der Waals surface area contributed by atoms with Gasteiger partial charge in [0.05, 0.1) is 0 Å². The molecular weight excluding hydrogens is 1020 g/mol.